The lowest BCUT2D eigenvalue weighted by atomic mass is 10.3. The summed E-state index contributed by atoms with van der Waals surface area (Å²) in [5, 5.41) is 13.9. The van der Waals surface area contributed by atoms with Gasteiger partial charge in [-0.25, -0.2) is 9.37 Å². The first-order chi connectivity index (χ1) is 16.3. The van der Waals surface area contributed by atoms with E-state index < -0.39 is 11.9 Å². The Balaban J connectivity index is 1.57. The number of thioether (sulfide) groups is 1. The summed E-state index contributed by atoms with van der Waals surface area (Å²) in [7, 11) is 0. The molecule has 3 rings (SSSR count). The lowest BCUT2D eigenvalue weighted by molar-refractivity contribution is -0.142. The summed E-state index contributed by atoms with van der Waals surface area (Å²) in [6.07, 6.45) is -0.451. The van der Waals surface area contributed by atoms with Crippen LogP contribution in [0.4, 0.5) is 9.52 Å². The van der Waals surface area contributed by atoms with E-state index in [0.29, 0.717) is 40.7 Å². The van der Waals surface area contributed by atoms with Crippen molar-refractivity contribution in [1.82, 2.24) is 19.7 Å². The van der Waals surface area contributed by atoms with Crippen LogP contribution in [0.3, 0.4) is 0 Å². The maximum absolute atomic E-state index is 13.3. The van der Waals surface area contributed by atoms with Gasteiger partial charge in [0.15, 0.2) is 22.2 Å². The molecule has 0 aliphatic heterocycles. The number of nitrogens with zero attached hydrogens (tertiary/aromatic N) is 4. The van der Waals surface area contributed by atoms with Crippen molar-refractivity contribution in [2.45, 2.75) is 45.0 Å². The molecule has 0 saturated carbocycles. The van der Waals surface area contributed by atoms with Crippen LogP contribution in [0.25, 0.3) is 0 Å². The average Bonchev–Trinajstić information content (AvgIpc) is 3.40. The van der Waals surface area contributed by atoms with Crippen LogP contribution in [0, 0.1) is 5.82 Å². The Labute approximate surface area is 209 Å². The fourth-order valence-corrected chi connectivity index (χ4v) is 4.66. The van der Waals surface area contributed by atoms with Gasteiger partial charge in [-0.15, -0.1) is 21.5 Å². The van der Waals surface area contributed by atoms with Gasteiger partial charge in [0, 0.05) is 11.9 Å². The Hall–Kier alpha value is -2.70. The van der Waals surface area contributed by atoms with Gasteiger partial charge in [0.2, 0.25) is 5.91 Å². The molecular weight excluding hydrogens is 505 g/mol. The third-order valence-corrected chi connectivity index (χ3v) is 6.45. The highest BCUT2D eigenvalue weighted by Crippen LogP contribution is 2.30. The average molecular weight is 528 g/mol. The van der Waals surface area contributed by atoms with E-state index in [4.69, 9.17) is 21.1 Å². The standard InChI is InChI=1S/C21H23ClFN5O4S2/c1-4-28-19(12(3)32-16-7-6-13(23)8-15(16)22)26-27-21(28)34-11-17(29)25-20-24-14(10-33-20)9-18(30)31-5-2/h6-8,10,12H,4-5,9,11H2,1-3H3,(H,24,25,29). The van der Waals surface area contributed by atoms with Crippen molar-refractivity contribution in [3.63, 3.8) is 0 Å². The van der Waals surface area contributed by atoms with E-state index in [2.05, 4.69) is 20.5 Å². The van der Waals surface area contributed by atoms with Crippen LogP contribution in [-0.4, -0.2) is 44.0 Å². The van der Waals surface area contributed by atoms with Crippen molar-refractivity contribution >= 4 is 51.7 Å². The van der Waals surface area contributed by atoms with Crippen LogP contribution in [0.15, 0.2) is 28.7 Å². The number of carbonyl (C=O) groups excluding carboxylic acids is 2. The van der Waals surface area contributed by atoms with Gasteiger partial charge in [-0.2, -0.15) is 0 Å². The second-order valence-electron chi connectivity index (χ2n) is 6.88. The molecule has 0 aliphatic carbocycles. The molecule has 3 aromatic rings. The zero-order chi connectivity index (χ0) is 24.7. The number of carbonyl (C=O) groups is 2. The number of esters is 1. The van der Waals surface area contributed by atoms with Crippen molar-refractivity contribution in [2.75, 3.05) is 17.7 Å². The molecular formula is C21H23ClFN5O4S2. The molecule has 2 heterocycles. The lowest BCUT2D eigenvalue weighted by Gasteiger charge is -2.16. The molecule has 0 aliphatic rings. The van der Waals surface area contributed by atoms with E-state index in [9.17, 15) is 14.0 Å². The fourth-order valence-electron chi connectivity index (χ4n) is 2.91. The molecule has 1 aromatic carbocycles. The van der Waals surface area contributed by atoms with Crippen LogP contribution in [-0.2, 0) is 27.3 Å². The number of nitrogens with one attached hydrogen (secondary N) is 1. The predicted molar refractivity (Wildman–Crippen MR) is 128 cm³/mol. The number of aromatic nitrogens is 4. The van der Waals surface area contributed by atoms with Crippen LogP contribution in [0.2, 0.25) is 5.02 Å². The predicted octanol–water partition coefficient (Wildman–Crippen LogP) is 4.52. The Morgan fingerprint density at radius 1 is 1.32 bits per heavy atom. The number of thiazole rings is 1. The molecule has 1 amide bonds. The number of anilines is 1. The topological polar surface area (TPSA) is 108 Å². The quantitative estimate of drug-likeness (QED) is 0.286. The normalized spacial score (nSPS) is 11.8. The van der Waals surface area contributed by atoms with Gasteiger partial charge in [-0.1, -0.05) is 23.4 Å². The maximum Gasteiger partial charge on any atom is 0.311 e. The Morgan fingerprint density at radius 2 is 2.12 bits per heavy atom. The number of amides is 1. The minimum atomic E-state index is -0.508. The maximum atomic E-state index is 13.3. The van der Waals surface area contributed by atoms with Crippen LogP contribution < -0.4 is 10.1 Å². The van der Waals surface area contributed by atoms with Gasteiger partial charge in [0.05, 0.1) is 29.5 Å². The molecule has 0 radical (unpaired) electrons. The number of benzene rings is 1. The molecule has 13 heteroatoms. The smallest absolute Gasteiger partial charge is 0.311 e. The van der Waals surface area contributed by atoms with Crippen molar-refractivity contribution in [3.8, 4) is 5.75 Å². The van der Waals surface area contributed by atoms with Gasteiger partial charge in [-0.3, -0.25) is 9.59 Å². The van der Waals surface area contributed by atoms with Gasteiger partial charge < -0.3 is 19.4 Å². The summed E-state index contributed by atoms with van der Waals surface area (Å²) in [4.78, 5) is 28.2. The molecule has 2 aromatic heterocycles. The summed E-state index contributed by atoms with van der Waals surface area (Å²) < 4.78 is 25.8. The van der Waals surface area contributed by atoms with Gasteiger partial charge >= 0.3 is 5.97 Å². The second kappa shape index (κ2) is 12.1. The molecule has 182 valence electrons. The second-order valence-corrected chi connectivity index (χ2v) is 9.09. The molecule has 0 spiro atoms. The first-order valence-corrected chi connectivity index (χ1v) is 12.6. The largest absolute Gasteiger partial charge is 0.481 e. The Morgan fingerprint density at radius 3 is 2.82 bits per heavy atom. The summed E-state index contributed by atoms with van der Waals surface area (Å²) in [6.45, 7) is 6.31. The summed E-state index contributed by atoms with van der Waals surface area (Å²) in [5.74, 6) is -0.113. The van der Waals surface area contributed by atoms with Crippen molar-refractivity contribution in [3.05, 3.63) is 45.9 Å². The number of halogens is 2. The number of hydrogen-bond acceptors (Lipinski definition) is 9. The monoisotopic (exact) mass is 527 g/mol. The molecule has 9 nitrogen and oxygen atoms in total. The molecule has 1 unspecified atom stereocenters. The van der Waals surface area contributed by atoms with E-state index >= 15 is 0 Å². The van der Waals surface area contributed by atoms with Crippen molar-refractivity contribution < 1.29 is 23.5 Å². The first kappa shape index (κ1) is 25.9. The van der Waals surface area contributed by atoms with Crippen LogP contribution in [0.1, 0.15) is 38.4 Å². The van der Waals surface area contributed by atoms with Gasteiger partial charge in [-0.05, 0) is 39.0 Å². The third-order valence-electron chi connectivity index (χ3n) is 4.38. The SMILES string of the molecule is CCOC(=O)Cc1csc(NC(=O)CSc2nnc(C(C)Oc3ccc(F)cc3Cl)n2CC)n1. The van der Waals surface area contributed by atoms with Crippen LogP contribution in [0.5, 0.6) is 5.75 Å². The molecule has 0 saturated heterocycles. The summed E-state index contributed by atoms with van der Waals surface area (Å²) in [6, 6.07) is 3.90. The molecule has 0 bridgehead atoms. The van der Waals surface area contributed by atoms with Crippen molar-refractivity contribution in [2.24, 2.45) is 0 Å². The number of hydrogen-bond donors (Lipinski definition) is 1. The first-order valence-electron chi connectivity index (χ1n) is 10.4. The zero-order valence-electron chi connectivity index (χ0n) is 18.7. The highest BCUT2D eigenvalue weighted by molar-refractivity contribution is 7.99. The van der Waals surface area contributed by atoms with E-state index in [1.54, 1.807) is 19.2 Å². The highest BCUT2D eigenvalue weighted by Gasteiger charge is 2.20. The van der Waals surface area contributed by atoms with E-state index in [0.717, 1.165) is 0 Å². The fraction of sp³-hybridized carbons (Fsp3) is 0.381. The third kappa shape index (κ3) is 6.90. The van der Waals surface area contributed by atoms with E-state index in [1.165, 1.54) is 41.3 Å². The molecule has 0 fully saturated rings. The van der Waals surface area contributed by atoms with Gasteiger partial charge in [0.25, 0.3) is 0 Å². The van der Waals surface area contributed by atoms with Crippen molar-refractivity contribution in [1.29, 1.82) is 0 Å². The zero-order valence-corrected chi connectivity index (χ0v) is 21.1. The minimum Gasteiger partial charge on any atom is -0.481 e. The van der Waals surface area contributed by atoms with E-state index in [-0.39, 0.29) is 29.1 Å². The van der Waals surface area contributed by atoms with Crippen LogP contribution >= 0.6 is 34.7 Å². The molecule has 34 heavy (non-hydrogen) atoms. The lowest BCUT2D eigenvalue weighted by Crippen LogP contribution is -2.15. The molecule has 1 N–H and O–H groups in total. The summed E-state index contributed by atoms with van der Waals surface area (Å²) >= 11 is 8.50. The Bertz CT molecular complexity index is 1160. The highest BCUT2D eigenvalue weighted by atomic mass is 35.5. The number of rotatable bonds is 11. The van der Waals surface area contributed by atoms with E-state index in [1.807, 2.05) is 11.5 Å². The minimum absolute atomic E-state index is 0.0563. The molecule has 1 atom stereocenters. The van der Waals surface area contributed by atoms with Gasteiger partial charge in [0.1, 0.15) is 11.6 Å². The number of ether oxygens (including phenoxy) is 2. The Kier molecular flexibility index (Phi) is 9.25. The summed E-state index contributed by atoms with van der Waals surface area (Å²) in [5.41, 5.74) is 0.539.